The van der Waals surface area contributed by atoms with E-state index >= 15 is 0 Å². The molecular formula is C17H20N6O. The Morgan fingerprint density at radius 2 is 2.29 bits per heavy atom. The summed E-state index contributed by atoms with van der Waals surface area (Å²) in [6.07, 6.45) is 6.07. The number of pyridine rings is 2. The lowest BCUT2D eigenvalue weighted by atomic mass is 9.97. The van der Waals surface area contributed by atoms with Crippen LogP contribution in [0, 0.1) is 5.41 Å². The molecule has 7 nitrogen and oxygen atoms in total. The fourth-order valence-electron chi connectivity index (χ4n) is 2.88. The van der Waals surface area contributed by atoms with Crippen LogP contribution in [0.15, 0.2) is 30.6 Å². The lowest BCUT2D eigenvalue weighted by Gasteiger charge is -2.29. The Labute approximate surface area is 140 Å². The van der Waals surface area contributed by atoms with Gasteiger partial charge < -0.3 is 21.4 Å². The van der Waals surface area contributed by atoms with Crippen LogP contribution in [-0.4, -0.2) is 40.2 Å². The van der Waals surface area contributed by atoms with Crippen molar-refractivity contribution >= 4 is 18.1 Å². The number of nitrogens with two attached hydrogens (primary N) is 1. The van der Waals surface area contributed by atoms with E-state index in [2.05, 4.69) is 15.3 Å². The molecule has 0 atom stereocenters. The van der Waals surface area contributed by atoms with Gasteiger partial charge in [0, 0.05) is 55.9 Å². The van der Waals surface area contributed by atoms with Crippen LogP contribution in [-0.2, 0) is 19.4 Å². The number of carbonyl (C=O) groups is 1. The summed E-state index contributed by atoms with van der Waals surface area (Å²) < 4.78 is 0. The largest absolute Gasteiger partial charge is 0.383 e. The van der Waals surface area contributed by atoms with E-state index < -0.39 is 0 Å². The van der Waals surface area contributed by atoms with E-state index in [1.165, 1.54) is 6.21 Å². The Kier molecular flexibility index (Phi) is 4.69. The number of amides is 2. The zero-order valence-corrected chi connectivity index (χ0v) is 13.3. The van der Waals surface area contributed by atoms with Crippen molar-refractivity contribution in [1.82, 2.24) is 20.2 Å². The predicted molar refractivity (Wildman–Crippen MR) is 92.0 cm³/mol. The third kappa shape index (κ3) is 3.34. The van der Waals surface area contributed by atoms with Crippen LogP contribution in [0.4, 0.5) is 10.6 Å². The van der Waals surface area contributed by atoms with Crippen molar-refractivity contribution in [2.75, 3.05) is 18.8 Å². The zero-order valence-electron chi connectivity index (χ0n) is 13.3. The number of nitrogens with zero attached hydrogens (tertiary/aromatic N) is 3. The third-order valence-electron chi connectivity index (χ3n) is 4.16. The molecule has 0 saturated heterocycles. The molecule has 3 rings (SSSR count). The van der Waals surface area contributed by atoms with Gasteiger partial charge in [-0.05, 0) is 29.7 Å². The van der Waals surface area contributed by atoms with Crippen LogP contribution in [0.2, 0.25) is 0 Å². The van der Waals surface area contributed by atoms with Crippen molar-refractivity contribution in [1.29, 1.82) is 5.41 Å². The highest BCUT2D eigenvalue weighted by Crippen LogP contribution is 2.23. The lowest BCUT2D eigenvalue weighted by molar-refractivity contribution is 0.192. The van der Waals surface area contributed by atoms with E-state index in [1.807, 2.05) is 18.2 Å². The van der Waals surface area contributed by atoms with E-state index in [0.29, 0.717) is 43.9 Å². The van der Waals surface area contributed by atoms with Crippen molar-refractivity contribution in [3.05, 3.63) is 53.0 Å². The van der Waals surface area contributed by atoms with Gasteiger partial charge in [0.1, 0.15) is 5.82 Å². The molecular weight excluding hydrogens is 304 g/mol. The van der Waals surface area contributed by atoms with Gasteiger partial charge in [0.05, 0.1) is 0 Å². The molecule has 0 unspecified atom stereocenters. The van der Waals surface area contributed by atoms with Gasteiger partial charge in [0.25, 0.3) is 0 Å². The molecule has 0 aromatic carbocycles. The van der Waals surface area contributed by atoms with Crippen molar-refractivity contribution in [2.45, 2.75) is 19.4 Å². The number of rotatable bonds is 4. The molecule has 0 fully saturated rings. The molecule has 1 aliphatic heterocycles. The van der Waals surface area contributed by atoms with Gasteiger partial charge in [-0.25, -0.2) is 9.78 Å². The van der Waals surface area contributed by atoms with E-state index in [0.717, 1.165) is 16.8 Å². The maximum Gasteiger partial charge on any atom is 0.317 e. The molecule has 0 spiro atoms. The highest BCUT2D eigenvalue weighted by Gasteiger charge is 2.23. The molecule has 124 valence electrons. The van der Waals surface area contributed by atoms with Gasteiger partial charge in [-0.2, -0.15) is 0 Å². The number of hydrogen-bond acceptors (Lipinski definition) is 5. The molecule has 24 heavy (non-hydrogen) atoms. The summed E-state index contributed by atoms with van der Waals surface area (Å²) >= 11 is 0. The Balaban J connectivity index is 1.59. The summed E-state index contributed by atoms with van der Waals surface area (Å²) in [4.78, 5) is 22.4. The van der Waals surface area contributed by atoms with Gasteiger partial charge >= 0.3 is 6.03 Å². The first-order valence-corrected chi connectivity index (χ1v) is 7.88. The average Bonchev–Trinajstić information content (AvgIpc) is 2.62. The molecule has 1 aliphatic rings. The Morgan fingerprint density at radius 1 is 1.42 bits per heavy atom. The van der Waals surface area contributed by atoms with E-state index in [1.54, 1.807) is 17.3 Å². The van der Waals surface area contributed by atoms with Crippen LogP contribution in [0.25, 0.3) is 0 Å². The number of aromatic nitrogens is 2. The quantitative estimate of drug-likeness (QED) is 0.738. The molecule has 2 amide bonds. The van der Waals surface area contributed by atoms with Crippen LogP contribution in [0.5, 0.6) is 0 Å². The smallest absolute Gasteiger partial charge is 0.317 e. The minimum atomic E-state index is -0.0928. The van der Waals surface area contributed by atoms with E-state index in [4.69, 9.17) is 11.1 Å². The molecule has 0 bridgehead atoms. The summed E-state index contributed by atoms with van der Waals surface area (Å²) in [5.74, 6) is 0.372. The second-order valence-electron chi connectivity index (χ2n) is 5.68. The number of fused-ring (bicyclic) bond motifs is 1. The highest BCUT2D eigenvalue weighted by atomic mass is 16.2. The highest BCUT2D eigenvalue weighted by molar-refractivity contribution is 5.86. The summed E-state index contributed by atoms with van der Waals surface area (Å²) in [6, 6.07) is 5.66. The molecule has 0 radical (unpaired) electrons. The first-order valence-electron chi connectivity index (χ1n) is 7.88. The summed E-state index contributed by atoms with van der Waals surface area (Å²) in [7, 11) is 0. The van der Waals surface area contributed by atoms with Gasteiger partial charge in [0.15, 0.2) is 0 Å². The van der Waals surface area contributed by atoms with Crippen molar-refractivity contribution in [3.63, 3.8) is 0 Å². The normalized spacial score (nSPS) is 13.2. The summed E-state index contributed by atoms with van der Waals surface area (Å²) in [5.41, 5.74) is 9.41. The first kappa shape index (κ1) is 15.9. The predicted octanol–water partition coefficient (Wildman–Crippen LogP) is 1.37. The van der Waals surface area contributed by atoms with Gasteiger partial charge in [0.2, 0.25) is 0 Å². The van der Waals surface area contributed by atoms with E-state index in [9.17, 15) is 4.79 Å². The monoisotopic (exact) mass is 324 g/mol. The van der Waals surface area contributed by atoms with Crippen LogP contribution < -0.4 is 11.1 Å². The van der Waals surface area contributed by atoms with Gasteiger partial charge in [-0.3, -0.25) is 4.98 Å². The molecule has 2 aromatic rings. The minimum absolute atomic E-state index is 0.0928. The second kappa shape index (κ2) is 7.08. The molecule has 0 saturated carbocycles. The Hall–Kier alpha value is -2.96. The summed E-state index contributed by atoms with van der Waals surface area (Å²) in [6.45, 7) is 1.64. The molecule has 7 heteroatoms. The maximum atomic E-state index is 12.3. The second-order valence-corrected chi connectivity index (χ2v) is 5.68. The van der Waals surface area contributed by atoms with Gasteiger partial charge in [-0.15, -0.1) is 0 Å². The average molecular weight is 324 g/mol. The lowest BCUT2D eigenvalue weighted by Crippen LogP contribution is -2.43. The standard InChI is InChI=1S/C17H20N6O/c18-9-15-14-5-8-23(11-12(14)10-22-16(15)19)17(24)21-7-4-13-3-1-2-6-20-13/h1-3,6,9-10,18H,4-5,7-8,11H2,(H2,19,22)(H,21,24). The number of urea groups is 1. The number of hydrogen-bond donors (Lipinski definition) is 3. The minimum Gasteiger partial charge on any atom is -0.383 e. The van der Waals surface area contributed by atoms with E-state index in [-0.39, 0.29) is 6.03 Å². The van der Waals surface area contributed by atoms with Crippen LogP contribution >= 0.6 is 0 Å². The number of anilines is 1. The Morgan fingerprint density at radius 3 is 3.04 bits per heavy atom. The number of carbonyl (C=O) groups excluding carboxylic acids is 1. The maximum absolute atomic E-state index is 12.3. The fraction of sp³-hybridized carbons (Fsp3) is 0.294. The third-order valence-corrected chi connectivity index (χ3v) is 4.16. The topological polar surface area (TPSA) is 108 Å². The summed E-state index contributed by atoms with van der Waals surface area (Å²) in [5, 5.41) is 10.4. The van der Waals surface area contributed by atoms with Crippen molar-refractivity contribution in [3.8, 4) is 0 Å². The number of nitrogen functional groups attached to an aromatic ring is 1. The molecule has 3 heterocycles. The van der Waals surface area contributed by atoms with Crippen molar-refractivity contribution < 1.29 is 4.79 Å². The number of nitrogens with one attached hydrogen (secondary N) is 2. The SMILES string of the molecule is N=Cc1c(N)ncc2c1CCN(C(=O)NCCc1ccccn1)C2. The molecule has 4 N–H and O–H groups in total. The Bertz CT molecular complexity index is 746. The van der Waals surface area contributed by atoms with Gasteiger partial charge in [-0.1, -0.05) is 6.07 Å². The fourth-order valence-corrected chi connectivity index (χ4v) is 2.88. The zero-order chi connectivity index (χ0) is 16.9. The molecule has 0 aliphatic carbocycles. The first-order chi connectivity index (χ1) is 11.7. The van der Waals surface area contributed by atoms with Crippen LogP contribution in [0.3, 0.4) is 0 Å². The van der Waals surface area contributed by atoms with Crippen molar-refractivity contribution in [2.24, 2.45) is 0 Å². The van der Waals surface area contributed by atoms with Crippen LogP contribution in [0.1, 0.15) is 22.4 Å². The molecule has 2 aromatic heterocycles.